The van der Waals surface area contributed by atoms with Crippen molar-refractivity contribution in [2.45, 2.75) is 32.7 Å². The molecule has 0 radical (unpaired) electrons. The first kappa shape index (κ1) is 14.7. The lowest BCUT2D eigenvalue weighted by Gasteiger charge is -2.14. The van der Waals surface area contributed by atoms with Gasteiger partial charge >= 0.3 is 0 Å². The minimum absolute atomic E-state index is 0.363. The number of benzene rings is 1. The summed E-state index contributed by atoms with van der Waals surface area (Å²) in [5, 5.41) is 3.46. The molecule has 1 aromatic carbocycles. The van der Waals surface area contributed by atoms with Gasteiger partial charge in [-0.3, -0.25) is 0 Å². The van der Waals surface area contributed by atoms with Gasteiger partial charge in [0, 0.05) is 23.7 Å². The number of unbranched alkanes of at least 4 members (excludes halogenated alkanes) is 1. The highest BCUT2D eigenvalue weighted by molar-refractivity contribution is 9.10. The summed E-state index contributed by atoms with van der Waals surface area (Å²) < 4.78 is 6.64. The van der Waals surface area contributed by atoms with Gasteiger partial charge in [-0.15, -0.1) is 0 Å². The highest BCUT2D eigenvalue weighted by Gasteiger charge is 2.04. The standard InChI is InChI=1S/C14H22BrNO/c1-3-4-9-17-10-8-16-12(2)13-6-5-7-14(15)11-13/h5-7,11-12,16H,3-4,8-10H2,1-2H3/t12-/m0/s1. The van der Waals surface area contributed by atoms with Crippen molar-refractivity contribution in [3.63, 3.8) is 0 Å². The molecule has 0 aliphatic carbocycles. The highest BCUT2D eigenvalue weighted by atomic mass is 79.9. The number of halogens is 1. The van der Waals surface area contributed by atoms with Crippen LogP contribution < -0.4 is 5.32 Å². The van der Waals surface area contributed by atoms with Gasteiger partial charge in [-0.1, -0.05) is 41.4 Å². The van der Waals surface area contributed by atoms with E-state index in [0.29, 0.717) is 6.04 Å². The molecule has 0 aromatic heterocycles. The van der Waals surface area contributed by atoms with Crippen LogP contribution in [0.2, 0.25) is 0 Å². The molecule has 0 aliphatic heterocycles. The third-order valence-corrected chi connectivity index (χ3v) is 3.18. The predicted molar refractivity (Wildman–Crippen MR) is 76.3 cm³/mol. The molecule has 0 saturated heterocycles. The van der Waals surface area contributed by atoms with Crippen molar-refractivity contribution >= 4 is 15.9 Å². The van der Waals surface area contributed by atoms with Crippen LogP contribution in [-0.2, 0) is 4.74 Å². The second-order valence-electron chi connectivity index (χ2n) is 4.20. The molecule has 0 fully saturated rings. The van der Waals surface area contributed by atoms with E-state index in [2.05, 4.69) is 53.3 Å². The Kier molecular flexibility index (Phi) is 7.49. The Balaban J connectivity index is 2.19. The first-order valence-electron chi connectivity index (χ1n) is 6.30. The maximum atomic E-state index is 5.51. The van der Waals surface area contributed by atoms with Crippen LogP contribution in [0.15, 0.2) is 28.7 Å². The van der Waals surface area contributed by atoms with E-state index in [9.17, 15) is 0 Å². The van der Waals surface area contributed by atoms with Crippen molar-refractivity contribution in [2.24, 2.45) is 0 Å². The summed E-state index contributed by atoms with van der Waals surface area (Å²) in [6, 6.07) is 8.76. The summed E-state index contributed by atoms with van der Waals surface area (Å²) in [7, 11) is 0. The minimum atomic E-state index is 0.363. The van der Waals surface area contributed by atoms with E-state index in [-0.39, 0.29) is 0 Å². The Morgan fingerprint density at radius 2 is 2.18 bits per heavy atom. The number of hydrogen-bond acceptors (Lipinski definition) is 2. The molecular formula is C14H22BrNO. The van der Waals surface area contributed by atoms with Crippen LogP contribution in [0.1, 0.15) is 38.3 Å². The van der Waals surface area contributed by atoms with E-state index in [1.165, 1.54) is 12.0 Å². The molecule has 2 nitrogen and oxygen atoms in total. The largest absolute Gasteiger partial charge is 0.380 e. The fraction of sp³-hybridized carbons (Fsp3) is 0.571. The molecule has 0 heterocycles. The molecule has 1 atom stereocenters. The van der Waals surface area contributed by atoms with Gasteiger partial charge in [0.1, 0.15) is 0 Å². The van der Waals surface area contributed by atoms with Crippen molar-refractivity contribution in [2.75, 3.05) is 19.8 Å². The van der Waals surface area contributed by atoms with E-state index in [1.807, 2.05) is 6.07 Å². The average Bonchev–Trinajstić information content (AvgIpc) is 2.33. The maximum absolute atomic E-state index is 5.51. The molecule has 1 aromatic rings. The zero-order valence-electron chi connectivity index (χ0n) is 10.7. The smallest absolute Gasteiger partial charge is 0.0591 e. The number of hydrogen-bond donors (Lipinski definition) is 1. The molecule has 0 unspecified atom stereocenters. The first-order chi connectivity index (χ1) is 8.24. The summed E-state index contributed by atoms with van der Waals surface area (Å²) in [6.07, 6.45) is 2.35. The average molecular weight is 300 g/mol. The van der Waals surface area contributed by atoms with Crippen LogP contribution in [0.3, 0.4) is 0 Å². The van der Waals surface area contributed by atoms with Crippen molar-refractivity contribution in [1.82, 2.24) is 5.32 Å². The Morgan fingerprint density at radius 3 is 2.88 bits per heavy atom. The van der Waals surface area contributed by atoms with Gasteiger partial charge in [-0.25, -0.2) is 0 Å². The van der Waals surface area contributed by atoms with E-state index < -0.39 is 0 Å². The van der Waals surface area contributed by atoms with Crippen LogP contribution in [0.4, 0.5) is 0 Å². The zero-order valence-corrected chi connectivity index (χ0v) is 12.3. The van der Waals surface area contributed by atoms with Gasteiger partial charge in [0.15, 0.2) is 0 Å². The van der Waals surface area contributed by atoms with Crippen molar-refractivity contribution in [3.8, 4) is 0 Å². The van der Waals surface area contributed by atoms with E-state index in [1.54, 1.807) is 0 Å². The lowest BCUT2D eigenvalue weighted by atomic mass is 10.1. The topological polar surface area (TPSA) is 21.3 Å². The Bertz CT molecular complexity index is 317. The molecule has 96 valence electrons. The van der Waals surface area contributed by atoms with Gasteiger partial charge < -0.3 is 10.1 Å². The van der Waals surface area contributed by atoms with Gasteiger partial charge in [0.2, 0.25) is 0 Å². The SMILES string of the molecule is CCCCOCCN[C@@H](C)c1cccc(Br)c1. The summed E-state index contributed by atoms with van der Waals surface area (Å²) in [4.78, 5) is 0. The second-order valence-corrected chi connectivity index (χ2v) is 5.11. The van der Waals surface area contributed by atoms with Crippen molar-refractivity contribution < 1.29 is 4.74 Å². The monoisotopic (exact) mass is 299 g/mol. The molecule has 0 amide bonds. The third-order valence-electron chi connectivity index (χ3n) is 2.69. The van der Waals surface area contributed by atoms with Gasteiger partial charge in [0.05, 0.1) is 6.61 Å². The van der Waals surface area contributed by atoms with Crippen LogP contribution in [0, 0.1) is 0 Å². The van der Waals surface area contributed by atoms with Crippen LogP contribution in [-0.4, -0.2) is 19.8 Å². The molecule has 0 saturated carbocycles. The third kappa shape index (κ3) is 6.20. The van der Waals surface area contributed by atoms with Crippen molar-refractivity contribution in [1.29, 1.82) is 0 Å². The fourth-order valence-electron chi connectivity index (χ4n) is 1.59. The molecular weight excluding hydrogens is 278 g/mol. The van der Waals surface area contributed by atoms with Crippen molar-refractivity contribution in [3.05, 3.63) is 34.3 Å². The molecule has 1 N–H and O–H groups in total. The summed E-state index contributed by atoms with van der Waals surface area (Å²) >= 11 is 3.49. The van der Waals surface area contributed by atoms with E-state index in [4.69, 9.17) is 4.74 Å². The molecule has 3 heteroatoms. The molecule has 0 aliphatic rings. The van der Waals surface area contributed by atoms with Crippen LogP contribution in [0.25, 0.3) is 0 Å². The van der Waals surface area contributed by atoms with E-state index in [0.717, 1.165) is 30.7 Å². The molecule has 0 bridgehead atoms. The van der Waals surface area contributed by atoms with Crippen LogP contribution >= 0.6 is 15.9 Å². The quantitative estimate of drug-likeness (QED) is 0.735. The fourth-order valence-corrected chi connectivity index (χ4v) is 2.01. The summed E-state index contributed by atoms with van der Waals surface area (Å²) in [5.74, 6) is 0. The Labute approximate surface area is 113 Å². The minimum Gasteiger partial charge on any atom is -0.380 e. The summed E-state index contributed by atoms with van der Waals surface area (Å²) in [5.41, 5.74) is 1.30. The molecule has 1 rings (SSSR count). The van der Waals surface area contributed by atoms with Crippen LogP contribution in [0.5, 0.6) is 0 Å². The number of ether oxygens (including phenoxy) is 1. The maximum Gasteiger partial charge on any atom is 0.0591 e. The number of nitrogens with one attached hydrogen (secondary N) is 1. The van der Waals surface area contributed by atoms with Gasteiger partial charge in [-0.2, -0.15) is 0 Å². The first-order valence-corrected chi connectivity index (χ1v) is 7.10. The molecule has 0 spiro atoms. The summed E-state index contributed by atoms with van der Waals surface area (Å²) in [6.45, 7) is 6.92. The zero-order chi connectivity index (χ0) is 12.5. The Morgan fingerprint density at radius 1 is 1.35 bits per heavy atom. The highest BCUT2D eigenvalue weighted by Crippen LogP contribution is 2.17. The van der Waals surface area contributed by atoms with Gasteiger partial charge in [-0.05, 0) is 31.0 Å². The van der Waals surface area contributed by atoms with E-state index >= 15 is 0 Å². The lowest BCUT2D eigenvalue weighted by Crippen LogP contribution is -2.23. The Hall–Kier alpha value is -0.380. The lowest BCUT2D eigenvalue weighted by molar-refractivity contribution is 0.131. The predicted octanol–water partition coefficient (Wildman–Crippen LogP) is 3.92. The second kappa shape index (κ2) is 8.67. The number of rotatable bonds is 8. The molecule has 17 heavy (non-hydrogen) atoms. The normalized spacial score (nSPS) is 12.6. The van der Waals surface area contributed by atoms with Gasteiger partial charge in [0.25, 0.3) is 0 Å².